The van der Waals surface area contributed by atoms with Crippen LogP contribution in [-0.4, -0.2) is 0 Å². The number of hydrogen-bond donors (Lipinski definition) is 1. The zero-order valence-corrected chi connectivity index (χ0v) is 9.75. The highest BCUT2D eigenvalue weighted by Gasteiger charge is 2.16. The largest absolute Gasteiger partial charge is 0.369 e. The normalized spacial score (nSPS) is 11.4. The van der Waals surface area contributed by atoms with E-state index in [1.165, 1.54) is 12.0 Å². The lowest BCUT2D eigenvalue weighted by Crippen LogP contribution is -2.14. The molecule has 0 spiro atoms. The number of nitrogens with one attached hydrogen (secondary N) is 1. The molecular formula is C11H18NP. The van der Waals surface area contributed by atoms with Gasteiger partial charge in [-0.3, -0.25) is 0 Å². The molecule has 1 atom stereocenters. The third-order valence-corrected chi connectivity index (χ3v) is 3.05. The van der Waals surface area contributed by atoms with Crippen LogP contribution in [0.3, 0.4) is 0 Å². The molecule has 0 bridgehead atoms. The summed E-state index contributed by atoms with van der Waals surface area (Å²) in [7, 11) is 2.50. The van der Waals surface area contributed by atoms with Gasteiger partial charge in [0.2, 0.25) is 0 Å². The molecule has 1 nitrogen and oxygen atoms in total. The number of anilines is 1. The molecule has 1 rings (SSSR count). The summed E-state index contributed by atoms with van der Waals surface area (Å²) in [5, 5.41) is 3.04. The van der Waals surface area contributed by atoms with Gasteiger partial charge < -0.3 is 5.09 Å². The van der Waals surface area contributed by atoms with Crippen LogP contribution in [0.4, 0.5) is 5.69 Å². The molecule has 1 aromatic carbocycles. The quantitative estimate of drug-likeness (QED) is 0.727. The van der Waals surface area contributed by atoms with E-state index in [4.69, 9.17) is 0 Å². The van der Waals surface area contributed by atoms with Crippen molar-refractivity contribution in [3.63, 3.8) is 0 Å². The highest BCUT2D eigenvalue weighted by Crippen LogP contribution is 2.27. The van der Waals surface area contributed by atoms with Crippen molar-refractivity contribution in [2.75, 3.05) is 5.09 Å². The first kappa shape index (κ1) is 10.5. The summed E-state index contributed by atoms with van der Waals surface area (Å²) in [6.45, 7) is 6.77. The van der Waals surface area contributed by atoms with Crippen molar-refractivity contribution in [2.45, 2.75) is 32.6 Å². The second-order valence-electron chi connectivity index (χ2n) is 3.96. The summed E-state index contributed by atoms with van der Waals surface area (Å²) < 4.78 is 0. The predicted octanol–water partition coefficient (Wildman–Crippen LogP) is 3.58. The van der Waals surface area contributed by atoms with Crippen LogP contribution >= 0.6 is 9.39 Å². The summed E-state index contributed by atoms with van der Waals surface area (Å²) in [6.07, 6.45) is 1.17. The maximum Gasteiger partial charge on any atom is 0.0368 e. The molecule has 0 saturated heterocycles. The lowest BCUT2D eigenvalue weighted by Gasteiger charge is -2.23. The minimum atomic E-state index is 0.291. The van der Waals surface area contributed by atoms with Crippen molar-refractivity contribution < 1.29 is 0 Å². The van der Waals surface area contributed by atoms with Crippen LogP contribution in [0, 0.1) is 0 Å². The minimum Gasteiger partial charge on any atom is -0.369 e. The van der Waals surface area contributed by atoms with Gasteiger partial charge in [-0.2, -0.15) is 0 Å². The van der Waals surface area contributed by atoms with Crippen molar-refractivity contribution in [1.29, 1.82) is 0 Å². The lowest BCUT2D eigenvalue weighted by molar-refractivity contribution is 0.506. The summed E-state index contributed by atoms with van der Waals surface area (Å²) in [6, 6.07) is 8.60. The Labute approximate surface area is 83.2 Å². The maximum absolute atomic E-state index is 3.04. The third kappa shape index (κ3) is 2.45. The van der Waals surface area contributed by atoms with E-state index in [-0.39, 0.29) is 0 Å². The van der Waals surface area contributed by atoms with Gasteiger partial charge in [0.05, 0.1) is 0 Å². The second-order valence-corrected chi connectivity index (χ2v) is 4.25. The molecule has 13 heavy (non-hydrogen) atoms. The summed E-state index contributed by atoms with van der Waals surface area (Å²) >= 11 is 0. The molecule has 2 heteroatoms. The van der Waals surface area contributed by atoms with Crippen LogP contribution in [0.1, 0.15) is 32.8 Å². The van der Waals surface area contributed by atoms with E-state index in [0.717, 1.165) is 5.69 Å². The Morgan fingerprint density at radius 2 is 1.77 bits per heavy atom. The van der Waals surface area contributed by atoms with Crippen LogP contribution in [0.25, 0.3) is 0 Å². The molecule has 0 saturated carbocycles. The zero-order valence-electron chi connectivity index (χ0n) is 8.59. The Morgan fingerprint density at radius 1 is 1.23 bits per heavy atom. The van der Waals surface area contributed by atoms with Crippen molar-refractivity contribution in [1.82, 2.24) is 0 Å². The van der Waals surface area contributed by atoms with Crippen LogP contribution < -0.4 is 5.09 Å². The standard InChI is InChI=1S/C11H18NP/c1-4-11(2,3)9-5-7-10(12-13)8-6-9/h5-8,12H,4,13H2,1-3H3. The Morgan fingerprint density at radius 3 is 2.15 bits per heavy atom. The van der Waals surface area contributed by atoms with E-state index in [9.17, 15) is 0 Å². The fourth-order valence-electron chi connectivity index (χ4n) is 1.22. The highest BCUT2D eigenvalue weighted by molar-refractivity contribution is 7.18. The van der Waals surface area contributed by atoms with Crippen molar-refractivity contribution >= 4 is 15.1 Å². The molecule has 72 valence electrons. The Kier molecular flexibility index (Phi) is 3.33. The molecule has 1 N–H and O–H groups in total. The van der Waals surface area contributed by atoms with Gasteiger partial charge in [0.1, 0.15) is 0 Å². The molecule has 0 heterocycles. The van der Waals surface area contributed by atoms with E-state index >= 15 is 0 Å². The second kappa shape index (κ2) is 4.11. The van der Waals surface area contributed by atoms with Crippen LogP contribution in [-0.2, 0) is 5.41 Å². The van der Waals surface area contributed by atoms with Gasteiger partial charge in [-0.25, -0.2) is 0 Å². The molecule has 1 aromatic rings. The molecule has 0 fully saturated rings. The lowest BCUT2D eigenvalue weighted by atomic mass is 9.82. The summed E-state index contributed by atoms with van der Waals surface area (Å²) in [5.74, 6) is 0. The van der Waals surface area contributed by atoms with Gasteiger partial charge in [-0.15, -0.1) is 0 Å². The molecule has 0 aliphatic carbocycles. The molecule has 0 aromatic heterocycles. The third-order valence-electron chi connectivity index (χ3n) is 2.72. The van der Waals surface area contributed by atoms with Crippen LogP contribution in [0.15, 0.2) is 24.3 Å². The SMILES string of the molecule is CCC(C)(C)c1ccc(NP)cc1. The van der Waals surface area contributed by atoms with E-state index in [2.05, 4.69) is 59.5 Å². The predicted molar refractivity (Wildman–Crippen MR) is 63.1 cm³/mol. The van der Waals surface area contributed by atoms with E-state index < -0.39 is 0 Å². The van der Waals surface area contributed by atoms with Gasteiger partial charge in [-0.1, -0.05) is 32.9 Å². The minimum absolute atomic E-state index is 0.291. The molecule has 1 unspecified atom stereocenters. The molecule has 0 radical (unpaired) electrons. The van der Waals surface area contributed by atoms with Crippen molar-refractivity contribution in [3.05, 3.63) is 29.8 Å². The van der Waals surface area contributed by atoms with Crippen molar-refractivity contribution in [3.8, 4) is 0 Å². The Bertz CT molecular complexity index is 264. The fraction of sp³-hybridized carbons (Fsp3) is 0.455. The van der Waals surface area contributed by atoms with Crippen LogP contribution in [0.5, 0.6) is 0 Å². The number of rotatable bonds is 3. The van der Waals surface area contributed by atoms with Crippen molar-refractivity contribution in [2.24, 2.45) is 0 Å². The fourth-order valence-corrected chi connectivity index (χ4v) is 1.41. The van der Waals surface area contributed by atoms with E-state index in [1.807, 2.05) is 0 Å². The van der Waals surface area contributed by atoms with E-state index in [1.54, 1.807) is 0 Å². The summed E-state index contributed by atoms with van der Waals surface area (Å²) in [5.41, 5.74) is 2.83. The van der Waals surface area contributed by atoms with Gasteiger partial charge in [0.15, 0.2) is 0 Å². The highest BCUT2D eigenvalue weighted by atomic mass is 31.0. The average molecular weight is 195 g/mol. The summed E-state index contributed by atoms with van der Waals surface area (Å²) in [4.78, 5) is 0. The first-order valence-corrected chi connectivity index (χ1v) is 5.25. The maximum atomic E-state index is 3.04. The van der Waals surface area contributed by atoms with Gasteiger partial charge in [0.25, 0.3) is 0 Å². The van der Waals surface area contributed by atoms with Gasteiger partial charge in [-0.05, 0) is 38.9 Å². The number of benzene rings is 1. The Balaban J connectivity index is 2.92. The first-order valence-electron chi connectivity index (χ1n) is 4.67. The van der Waals surface area contributed by atoms with Crippen LogP contribution in [0.2, 0.25) is 0 Å². The molecule has 0 amide bonds. The number of hydrogen-bond acceptors (Lipinski definition) is 1. The Hall–Kier alpha value is -0.550. The molecule has 0 aliphatic heterocycles. The molecule has 0 aliphatic rings. The monoisotopic (exact) mass is 195 g/mol. The van der Waals surface area contributed by atoms with E-state index in [0.29, 0.717) is 5.41 Å². The average Bonchev–Trinajstić information content (AvgIpc) is 2.18. The zero-order chi connectivity index (χ0) is 9.90. The van der Waals surface area contributed by atoms with Gasteiger partial charge >= 0.3 is 0 Å². The smallest absolute Gasteiger partial charge is 0.0368 e. The van der Waals surface area contributed by atoms with Gasteiger partial charge in [0, 0.05) is 5.69 Å². The topological polar surface area (TPSA) is 12.0 Å². The molecular weight excluding hydrogens is 177 g/mol. The first-order chi connectivity index (χ1) is 6.10.